The molecule has 0 bridgehead atoms. The van der Waals surface area contributed by atoms with Gasteiger partial charge >= 0.3 is 0 Å². The van der Waals surface area contributed by atoms with Gasteiger partial charge in [0.15, 0.2) is 5.78 Å². The maximum atomic E-state index is 15.9. The Balaban J connectivity index is 1.19. The summed E-state index contributed by atoms with van der Waals surface area (Å²) in [6.45, 7) is 7.35. The van der Waals surface area contributed by atoms with E-state index >= 15 is 4.39 Å². The number of ether oxygens (including phenoxy) is 1. The molecule has 1 aromatic carbocycles. The normalized spacial score (nSPS) is 21.9. The number of Topliss-reactive ketones (excluding diaryl/α,β-unsaturated/α-hetero) is 1. The van der Waals surface area contributed by atoms with Gasteiger partial charge in [0.1, 0.15) is 22.4 Å². The van der Waals surface area contributed by atoms with Crippen LogP contribution < -0.4 is 10.6 Å². The molecule has 4 heterocycles. The number of likely N-dealkylation sites (N-methyl/N-ethyl adjacent to an activating group) is 1. The summed E-state index contributed by atoms with van der Waals surface area (Å²) in [5.41, 5.74) is 1.07. The SMILES string of the molecule is CC1CCC([C@H](NC(=O)c2ccnn2C2COC2)C(=O)Cc2ccc([C@H](C)[C@@H](NC(=O)c3cnns3)C(=O)N3CCN(C)CC3)cc2F)CC1. The molecule has 1 saturated carbocycles. The van der Waals surface area contributed by atoms with Crippen LogP contribution in [0.25, 0.3) is 0 Å². The number of carbonyl (C=O) groups is 4. The average molecular weight is 709 g/mol. The summed E-state index contributed by atoms with van der Waals surface area (Å²) in [5.74, 6) is -2.07. The van der Waals surface area contributed by atoms with Gasteiger partial charge in [0.2, 0.25) is 5.91 Å². The van der Waals surface area contributed by atoms with E-state index in [1.807, 2.05) is 7.05 Å². The van der Waals surface area contributed by atoms with E-state index in [-0.39, 0.29) is 46.4 Å². The van der Waals surface area contributed by atoms with E-state index in [1.54, 1.807) is 40.9 Å². The average Bonchev–Trinajstić information content (AvgIpc) is 3.80. The fourth-order valence-electron chi connectivity index (χ4n) is 7.03. The molecule has 6 rings (SSSR count). The molecule has 2 aliphatic heterocycles. The number of piperazine rings is 1. The van der Waals surface area contributed by atoms with E-state index in [4.69, 9.17) is 4.74 Å². The third-order valence-corrected chi connectivity index (χ3v) is 11.1. The molecule has 3 fully saturated rings. The van der Waals surface area contributed by atoms with Crippen molar-refractivity contribution in [2.45, 2.75) is 70.0 Å². The lowest BCUT2D eigenvalue weighted by Gasteiger charge is -2.36. The van der Waals surface area contributed by atoms with Gasteiger partial charge in [0, 0.05) is 44.7 Å². The van der Waals surface area contributed by atoms with Crippen LogP contribution in [0.2, 0.25) is 0 Å². The molecule has 3 aliphatic rings. The van der Waals surface area contributed by atoms with Crippen molar-refractivity contribution < 1.29 is 28.3 Å². The lowest BCUT2D eigenvalue weighted by Crippen LogP contribution is -2.55. The molecule has 3 aromatic rings. The van der Waals surface area contributed by atoms with Crippen LogP contribution in [0.15, 0.2) is 36.7 Å². The number of hydrogen-bond donors (Lipinski definition) is 2. The second kappa shape index (κ2) is 15.9. The van der Waals surface area contributed by atoms with Gasteiger partial charge in [-0.1, -0.05) is 43.3 Å². The number of aromatic nitrogens is 4. The minimum Gasteiger partial charge on any atom is -0.377 e. The number of rotatable bonds is 12. The minimum absolute atomic E-state index is 0.0279. The molecule has 0 spiro atoms. The van der Waals surface area contributed by atoms with Crippen molar-refractivity contribution >= 4 is 35.0 Å². The molecule has 268 valence electrons. The van der Waals surface area contributed by atoms with Gasteiger partial charge < -0.3 is 25.2 Å². The number of halogens is 1. The summed E-state index contributed by atoms with van der Waals surface area (Å²) in [5, 5.41) is 13.9. The number of nitrogens with one attached hydrogen (secondary N) is 2. The van der Waals surface area contributed by atoms with Crippen LogP contribution in [0.3, 0.4) is 0 Å². The van der Waals surface area contributed by atoms with Crippen LogP contribution in [0, 0.1) is 17.7 Å². The largest absolute Gasteiger partial charge is 0.377 e. The highest BCUT2D eigenvalue weighted by molar-refractivity contribution is 7.07. The van der Waals surface area contributed by atoms with Crippen LogP contribution in [-0.2, 0) is 20.7 Å². The Morgan fingerprint density at radius 3 is 2.40 bits per heavy atom. The first-order valence-corrected chi connectivity index (χ1v) is 18.1. The highest BCUT2D eigenvalue weighted by Crippen LogP contribution is 2.32. The summed E-state index contributed by atoms with van der Waals surface area (Å²) in [4.78, 5) is 58.5. The maximum Gasteiger partial charge on any atom is 0.270 e. The molecule has 2 saturated heterocycles. The molecule has 1 aliphatic carbocycles. The fourth-order valence-corrected chi connectivity index (χ4v) is 7.45. The molecule has 2 N–H and O–H groups in total. The lowest BCUT2D eigenvalue weighted by atomic mass is 9.77. The van der Waals surface area contributed by atoms with Crippen LogP contribution >= 0.6 is 11.5 Å². The highest BCUT2D eigenvalue weighted by Gasteiger charge is 2.36. The Morgan fingerprint density at radius 1 is 1.02 bits per heavy atom. The Morgan fingerprint density at radius 2 is 1.76 bits per heavy atom. The predicted molar refractivity (Wildman–Crippen MR) is 183 cm³/mol. The van der Waals surface area contributed by atoms with Crippen molar-refractivity contribution in [3.05, 3.63) is 64.2 Å². The Kier molecular flexibility index (Phi) is 11.3. The van der Waals surface area contributed by atoms with Crippen molar-refractivity contribution in [1.82, 2.24) is 39.8 Å². The highest BCUT2D eigenvalue weighted by atomic mass is 32.1. The molecule has 3 atom stereocenters. The molecule has 2 aromatic heterocycles. The fraction of sp³-hybridized carbons (Fsp3) is 0.571. The standard InChI is InChI=1S/C35H45FN8O5S/c1-21-4-6-23(7-5-21)32(40-33(46)28-10-11-38-44(28)26-19-49-20-26)29(45)17-25-9-8-24(16-27(25)36)22(2)31(39-34(47)30-18-37-41-50-30)35(48)43-14-12-42(3)13-15-43/h8-11,16,18,21-23,26,31-32H,4-7,12-15,17,19-20H2,1-3H3,(H,39,47)(H,40,46)/t21?,22-,23?,31+,32-/m0/s1. The first-order chi connectivity index (χ1) is 24.1. The third-order valence-electron chi connectivity index (χ3n) is 10.5. The summed E-state index contributed by atoms with van der Waals surface area (Å²) in [6, 6.07) is 4.47. The van der Waals surface area contributed by atoms with Crippen molar-refractivity contribution in [3.63, 3.8) is 0 Å². The van der Waals surface area contributed by atoms with Gasteiger partial charge in [-0.3, -0.25) is 23.9 Å². The van der Waals surface area contributed by atoms with Gasteiger partial charge in [-0.15, -0.1) is 5.10 Å². The molecule has 15 heteroatoms. The van der Waals surface area contributed by atoms with E-state index in [0.29, 0.717) is 56.6 Å². The quantitative estimate of drug-likeness (QED) is 0.290. The monoisotopic (exact) mass is 708 g/mol. The Hall–Kier alpha value is -4.08. The van der Waals surface area contributed by atoms with E-state index in [2.05, 4.69) is 37.1 Å². The summed E-state index contributed by atoms with van der Waals surface area (Å²) >= 11 is 0.927. The van der Waals surface area contributed by atoms with E-state index in [9.17, 15) is 19.2 Å². The van der Waals surface area contributed by atoms with E-state index in [0.717, 1.165) is 37.2 Å². The number of hydrogen-bond acceptors (Lipinski definition) is 10. The van der Waals surface area contributed by atoms with Gasteiger partial charge in [-0.05, 0) is 66.5 Å². The number of amides is 3. The molecule has 13 nitrogen and oxygen atoms in total. The first-order valence-electron chi connectivity index (χ1n) is 17.4. The molecule has 3 amide bonds. The van der Waals surface area contributed by atoms with Crippen LogP contribution in [0.5, 0.6) is 0 Å². The summed E-state index contributed by atoms with van der Waals surface area (Å²) < 4.78 is 26.6. The maximum absolute atomic E-state index is 15.9. The van der Waals surface area contributed by atoms with Crippen LogP contribution in [-0.4, -0.2) is 111 Å². The third kappa shape index (κ3) is 8.10. The molecule has 0 radical (unpaired) electrons. The van der Waals surface area contributed by atoms with Crippen molar-refractivity contribution in [1.29, 1.82) is 0 Å². The topological polar surface area (TPSA) is 152 Å². The number of ketones is 1. The predicted octanol–water partition coefficient (Wildman–Crippen LogP) is 2.86. The summed E-state index contributed by atoms with van der Waals surface area (Å²) in [7, 11) is 1.99. The molecular formula is C35H45FN8O5S. The van der Waals surface area contributed by atoms with Gasteiger partial charge in [0.05, 0.1) is 31.5 Å². The summed E-state index contributed by atoms with van der Waals surface area (Å²) in [6.07, 6.45) is 6.19. The molecular weight excluding hydrogens is 664 g/mol. The second-order valence-corrected chi connectivity index (χ2v) is 14.8. The number of nitrogens with zero attached hydrogens (tertiary/aromatic N) is 6. The lowest BCUT2D eigenvalue weighted by molar-refractivity contribution is -0.135. The van der Waals surface area contributed by atoms with E-state index < -0.39 is 29.7 Å². The first kappa shape index (κ1) is 35.7. The zero-order valence-corrected chi connectivity index (χ0v) is 29.5. The van der Waals surface area contributed by atoms with E-state index in [1.165, 1.54) is 12.3 Å². The van der Waals surface area contributed by atoms with Gasteiger partial charge in [-0.25, -0.2) is 4.39 Å². The molecule has 50 heavy (non-hydrogen) atoms. The molecule has 0 unspecified atom stereocenters. The second-order valence-electron chi connectivity index (χ2n) is 14.0. The zero-order valence-electron chi connectivity index (χ0n) is 28.7. The minimum atomic E-state index is -0.965. The van der Waals surface area contributed by atoms with Crippen molar-refractivity contribution in [3.8, 4) is 0 Å². The number of benzene rings is 1. The Bertz CT molecular complexity index is 1660. The van der Waals surface area contributed by atoms with Crippen LogP contribution in [0.1, 0.15) is 82.8 Å². The van der Waals surface area contributed by atoms with Gasteiger partial charge in [-0.2, -0.15) is 5.10 Å². The van der Waals surface area contributed by atoms with Gasteiger partial charge in [0.25, 0.3) is 11.8 Å². The zero-order chi connectivity index (χ0) is 35.4. The Labute approximate surface area is 295 Å². The van der Waals surface area contributed by atoms with Crippen molar-refractivity contribution in [2.24, 2.45) is 11.8 Å². The number of carbonyl (C=O) groups excluding carboxylic acids is 4. The van der Waals surface area contributed by atoms with Crippen molar-refractivity contribution in [2.75, 3.05) is 46.4 Å². The smallest absolute Gasteiger partial charge is 0.270 e. The van der Waals surface area contributed by atoms with Crippen LogP contribution in [0.4, 0.5) is 4.39 Å².